The van der Waals surface area contributed by atoms with Gasteiger partial charge in [0.2, 0.25) is 0 Å². The lowest BCUT2D eigenvalue weighted by molar-refractivity contribution is -0.384. The molecule has 0 bridgehead atoms. The van der Waals surface area contributed by atoms with E-state index in [4.69, 9.17) is 0 Å². The number of nitrogens with zero attached hydrogens (tertiary/aromatic N) is 3. The number of carbonyl (C=O) groups is 1. The number of non-ortho nitro benzene ring substituents is 1. The lowest BCUT2D eigenvalue weighted by Crippen LogP contribution is -2.13. The predicted octanol–water partition coefficient (Wildman–Crippen LogP) is 3.53. The zero-order valence-corrected chi connectivity index (χ0v) is 13.9. The molecule has 132 valence electrons. The number of aromatic nitrogens is 2. The SMILES string of the molecule is N#CC(=Cc1cn[nH]c1-c1ccccc1)C(=O)Nc1cccc([N+](=O)[O-])c1. The number of hydrogen-bond donors (Lipinski definition) is 2. The average Bonchev–Trinajstić information content (AvgIpc) is 3.15. The van der Waals surface area contributed by atoms with E-state index in [0.29, 0.717) is 11.3 Å². The second kappa shape index (κ2) is 7.76. The summed E-state index contributed by atoms with van der Waals surface area (Å²) < 4.78 is 0. The Morgan fingerprint density at radius 3 is 2.70 bits per heavy atom. The van der Waals surface area contributed by atoms with Gasteiger partial charge in [-0.15, -0.1) is 0 Å². The zero-order valence-electron chi connectivity index (χ0n) is 13.9. The van der Waals surface area contributed by atoms with Crippen molar-refractivity contribution in [1.29, 1.82) is 5.26 Å². The molecule has 0 aliphatic rings. The molecule has 0 fully saturated rings. The number of nitro benzene ring substituents is 1. The van der Waals surface area contributed by atoms with Crippen LogP contribution in [0.1, 0.15) is 5.56 Å². The Labute approximate surface area is 153 Å². The van der Waals surface area contributed by atoms with E-state index < -0.39 is 10.8 Å². The second-order valence-corrected chi connectivity index (χ2v) is 5.50. The minimum Gasteiger partial charge on any atom is -0.321 e. The van der Waals surface area contributed by atoms with Gasteiger partial charge in [0.25, 0.3) is 11.6 Å². The molecule has 0 saturated carbocycles. The fourth-order valence-corrected chi connectivity index (χ4v) is 2.44. The molecule has 0 aliphatic heterocycles. The summed E-state index contributed by atoms with van der Waals surface area (Å²) in [6.45, 7) is 0. The van der Waals surface area contributed by atoms with Crippen molar-refractivity contribution in [2.24, 2.45) is 0 Å². The first-order valence-electron chi connectivity index (χ1n) is 7.85. The summed E-state index contributed by atoms with van der Waals surface area (Å²) in [4.78, 5) is 22.7. The molecule has 1 heterocycles. The highest BCUT2D eigenvalue weighted by atomic mass is 16.6. The van der Waals surface area contributed by atoms with Gasteiger partial charge in [0.05, 0.1) is 16.8 Å². The van der Waals surface area contributed by atoms with Gasteiger partial charge in [-0.05, 0) is 12.1 Å². The molecule has 0 saturated heterocycles. The first-order chi connectivity index (χ1) is 13.1. The van der Waals surface area contributed by atoms with E-state index in [0.717, 1.165) is 5.56 Å². The van der Waals surface area contributed by atoms with Gasteiger partial charge in [0.15, 0.2) is 0 Å². The van der Waals surface area contributed by atoms with Crippen molar-refractivity contribution in [2.75, 3.05) is 5.32 Å². The topological polar surface area (TPSA) is 125 Å². The van der Waals surface area contributed by atoms with Crippen LogP contribution in [-0.2, 0) is 4.79 Å². The number of anilines is 1. The molecule has 1 aromatic heterocycles. The highest BCUT2D eigenvalue weighted by Crippen LogP contribution is 2.23. The first kappa shape index (κ1) is 17.6. The number of nitriles is 1. The van der Waals surface area contributed by atoms with E-state index in [-0.39, 0.29) is 16.9 Å². The number of nitrogens with one attached hydrogen (secondary N) is 2. The number of aromatic amines is 1. The Bertz CT molecular complexity index is 1060. The van der Waals surface area contributed by atoms with Crippen molar-refractivity contribution in [3.05, 3.63) is 82.0 Å². The molecule has 0 atom stereocenters. The second-order valence-electron chi connectivity index (χ2n) is 5.50. The Morgan fingerprint density at radius 2 is 2.00 bits per heavy atom. The highest BCUT2D eigenvalue weighted by Gasteiger charge is 2.14. The fraction of sp³-hybridized carbons (Fsp3) is 0. The fourth-order valence-electron chi connectivity index (χ4n) is 2.44. The molecule has 0 spiro atoms. The number of benzene rings is 2. The molecule has 0 radical (unpaired) electrons. The van der Waals surface area contributed by atoms with Gasteiger partial charge in [-0.1, -0.05) is 36.4 Å². The van der Waals surface area contributed by atoms with Crippen molar-refractivity contribution >= 4 is 23.4 Å². The third-order valence-corrected chi connectivity index (χ3v) is 3.71. The van der Waals surface area contributed by atoms with E-state index in [1.807, 2.05) is 36.4 Å². The van der Waals surface area contributed by atoms with Gasteiger partial charge in [0, 0.05) is 28.9 Å². The molecule has 1 amide bonds. The van der Waals surface area contributed by atoms with Crippen LogP contribution in [0.5, 0.6) is 0 Å². The number of amides is 1. The minimum absolute atomic E-state index is 0.153. The molecular weight excluding hydrogens is 346 g/mol. The van der Waals surface area contributed by atoms with Gasteiger partial charge in [-0.2, -0.15) is 10.4 Å². The van der Waals surface area contributed by atoms with Gasteiger partial charge < -0.3 is 5.32 Å². The third kappa shape index (κ3) is 4.05. The number of nitro groups is 1. The summed E-state index contributed by atoms with van der Waals surface area (Å²) in [6.07, 6.45) is 2.93. The summed E-state index contributed by atoms with van der Waals surface area (Å²) in [5.41, 5.74) is 2.03. The molecular formula is C19H13N5O3. The maximum absolute atomic E-state index is 12.4. The molecule has 0 unspecified atom stereocenters. The molecule has 2 aromatic carbocycles. The van der Waals surface area contributed by atoms with Crippen molar-refractivity contribution in [3.63, 3.8) is 0 Å². The maximum atomic E-state index is 12.4. The van der Waals surface area contributed by atoms with Crippen LogP contribution in [0, 0.1) is 21.4 Å². The average molecular weight is 359 g/mol. The molecule has 2 N–H and O–H groups in total. The minimum atomic E-state index is -0.668. The first-order valence-corrected chi connectivity index (χ1v) is 7.85. The third-order valence-electron chi connectivity index (χ3n) is 3.71. The summed E-state index contributed by atoms with van der Waals surface area (Å²) in [6, 6.07) is 16.7. The van der Waals surface area contributed by atoms with Crippen molar-refractivity contribution in [3.8, 4) is 17.3 Å². The van der Waals surface area contributed by atoms with Crippen molar-refractivity contribution in [2.45, 2.75) is 0 Å². The van der Waals surface area contributed by atoms with Gasteiger partial charge >= 0.3 is 0 Å². The quantitative estimate of drug-likeness (QED) is 0.312. The monoisotopic (exact) mass is 359 g/mol. The molecule has 0 aliphatic carbocycles. The Hall–Kier alpha value is -4.25. The van der Waals surface area contributed by atoms with Crippen LogP contribution in [0.3, 0.4) is 0 Å². The normalized spacial score (nSPS) is 10.9. The van der Waals surface area contributed by atoms with Crippen LogP contribution in [0.15, 0.2) is 66.4 Å². The van der Waals surface area contributed by atoms with Crippen LogP contribution >= 0.6 is 0 Å². The Kier molecular flexibility index (Phi) is 5.05. The number of hydrogen-bond acceptors (Lipinski definition) is 5. The van der Waals surface area contributed by atoms with Crippen LogP contribution in [-0.4, -0.2) is 21.0 Å². The molecule has 3 aromatic rings. The molecule has 8 nitrogen and oxygen atoms in total. The van der Waals surface area contributed by atoms with Crippen molar-refractivity contribution in [1.82, 2.24) is 10.2 Å². The largest absolute Gasteiger partial charge is 0.321 e. The van der Waals surface area contributed by atoms with E-state index in [1.165, 1.54) is 36.5 Å². The predicted molar refractivity (Wildman–Crippen MR) is 99.3 cm³/mol. The maximum Gasteiger partial charge on any atom is 0.271 e. The van der Waals surface area contributed by atoms with Crippen LogP contribution in [0.4, 0.5) is 11.4 Å². The van der Waals surface area contributed by atoms with E-state index >= 15 is 0 Å². The van der Waals surface area contributed by atoms with Crippen LogP contribution in [0.25, 0.3) is 17.3 Å². The molecule has 27 heavy (non-hydrogen) atoms. The lowest BCUT2D eigenvalue weighted by atomic mass is 10.1. The highest BCUT2D eigenvalue weighted by molar-refractivity contribution is 6.10. The Morgan fingerprint density at radius 1 is 1.22 bits per heavy atom. The summed E-state index contributed by atoms with van der Waals surface area (Å²) in [5, 5.41) is 29.5. The molecule has 8 heteroatoms. The molecule has 3 rings (SSSR count). The smallest absolute Gasteiger partial charge is 0.271 e. The number of rotatable bonds is 5. The number of carbonyl (C=O) groups excluding carboxylic acids is 1. The zero-order chi connectivity index (χ0) is 19.2. The van der Waals surface area contributed by atoms with E-state index in [1.54, 1.807) is 0 Å². The van der Waals surface area contributed by atoms with Gasteiger partial charge in [-0.25, -0.2) is 0 Å². The number of H-pyrrole nitrogens is 1. The van der Waals surface area contributed by atoms with Crippen LogP contribution in [0.2, 0.25) is 0 Å². The lowest BCUT2D eigenvalue weighted by Gasteiger charge is -2.04. The van der Waals surface area contributed by atoms with Crippen molar-refractivity contribution < 1.29 is 9.72 Å². The summed E-state index contributed by atoms with van der Waals surface area (Å²) >= 11 is 0. The van der Waals surface area contributed by atoms with Gasteiger partial charge in [0.1, 0.15) is 11.6 Å². The summed E-state index contributed by atoms with van der Waals surface area (Å²) in [5.74, 6) is -0.668. The van der Waals surface area contributed by atoms with Gasteiger partial charge in [-0.3, -0.25) is 20.0 Å². The summed E-state index contributed by atoms with van der Waals surface area (Å²) in [7, 11) is 0. The Balaban J connectivity index is 1.87. The standard InChI is InChI=1S/C19H13N5O3/c20-11-14(19(25)22-16-7-4-8-17(10-16)24(26)27)9-15-12-21-23-18(15)13-5-2-1-3-6-13/h1-10,12H,(H,21,23)(H,22,25). The van der Waals surface area contributed by atoms with E-state index in [2.05, 4.69) is 15.5 Å². The van der Waals surface area contributed by atoms with E-state index in [9.17, 15) is 20.2 Å². The van der Waals surface area contributed by atoms with Crippen LogP contribution < -0.4 is 5.32 Å².